The lowest BCUT2D eigenvalue weighted by Crippen LogP contribution is -2.19. The zero-order valence-corrected chi connectivity index (χ0v) is 14.5. The molecule has 116 valence electrons. The highest BCUT2D eigenvalue weighted by atomic mass is 79.9. The Morgan fingerprint density at radius 2 is 1.95 bits per heavy atom. The van der Waals surface area contributed by atoms with E-state index < -0.39 is 0 Å². The standard InChI is InChI=1S/C16H20BrClO3/c1-2-13-10(4-7-21-13)16(17)11-8-14-15(9-12(11)18)20-6-3-5-19-14/h8-10,13,16H,2-7H2,1H3. The van der Waals surface area contributed by atoms with Crippen molar-refractivity contribution >= 4 is 27.5 Å². The van der Waals surface area contributed by atoms with Gasteiger partial charge in [-0.1, -0.05) is 34.5 Å². The largest absolute Gasteiger partial charge is 0.490 e. The van der Waals surface area contributed by atoms with E-state index in [0.717, 1.165) is 48.0 Å². The van der Waals surface area contributed by atoms with E-state index >= 15 is 0 Å². The molecule has 0 aromatic heterocycles. The van der Waals surface area contributed by atoms with Gasteiger partial charge in [-0.2, -0.15) is 0 Å². The molecule has 0 aliphatic carbocycles. The van der Waals surface area contributed by atoms with Crippen molar-refractivity contribution in [1.29, 1.82) is 0 Å². The Labute approximate surface area is 139 Å². The van der Waals surface area contributed by atoms with Crippen LogP contribution >= 0.6 is 27.5 Å². The number of halogens is 2. The fourth-order valence-electron chi connectivity index (χ4n) is 3.06. The second-order valence-corrected chi connectivity index (χ2v) is 6.94. The number of benzene rings is 1. The Morgan fingerprint density at radius 3 is 2.67 bits per heavy atom. The number of fused-ring (bicyclic) bond motifs is 1. The van der Waals surface area contributed by atoms with Crippen molar-refractivity contribution in [1.82, 2.24) is 0 Å². The summed E-state index contributed by atoms with van der Waals surface area (Å²) in [5.74, 6) is 1.98. The quantitative estimate of drug-likeness (QED) is 0.713. The average molecular weight is 376 g/mol. The first-order chi connectivity index (χ1) is 10.2. The molecular weight excluding hydrogens is 356 g/mol. The Morgan fingerprint density at radius 1 is 1.24 bits per heavy atom. The summed E-state index contributed by atoms with van der Waals surface area (Å²) >= 11 is 10.3. The summed E-state index contributed by atoms with van der Waals surface area (Å²) < 4.78 is 17.3. The second kappa shape index (κ2) is 6.76. The highest BCUT2D eigenvalue weighted by Gasteiger charge is 2.34. The lowest BCUT2D eigenvalue weighted by molar-refractivity contribution is 0.0872. The predicted octanol–water partition coefficient (Wildman–Crippen LogP) is 4.75. The lowest BCUT2D eigenvalue weighted by Gasteiger charge is -2.24. The first-order valence-corrected chi connectivity index (χ1v) is 8.84. The maximum absolute atomic E-state index is 6.47. The van der Waals surface area contributed by atoms with Crippen molar-refractivity contribution in [2.75, 3.05) is 19.8 Å². The molecule has 2 aliphatic heterocycles. The number of hydrogen-bond donors (Lipinski definition) is 0. The van der Waals surface area contributed by atoms with Crippen LogP contribution in [0.4, 0.5) is 0 Å². The molecule has 21 heavy (non-hydrogen) atoms. The molecule has 1 fully saturated rings. The van der Waals surface area contributed by atoms with Gasteiger partial charge in [0.2, 0.25) is 0 Å². The normalized spacial score (nSPS) is 26.4. The Kier molecular flexibility index (Phi) is 4.97. The first kappa shape index (κ1) is 15.4. The molecule has 0 saturated carbocycles. The maximum atomic E-state index is 6.47. The predicted molar refractivity (Wildman–Crippen MR) is 86.9 cm³/mol. The Bertz CT molecular complexity index is 509. The highest BCUT2D eigenvalue weighted by Crippen LogP contribution is 2.46. The van der Waals surface area contributed by atoms with Crippen LogP contribution in [0.2, 0.25) is 5.02 Å². The van der Waals surface area contributed by atoms with Crippen molar-refractivity contribution in [3.05, 3.63) is 22.7 Å². The lowest BCUT2D eigenvalue weighted by atomic mass is 9.91. The van der Waals surface area contributed by atoms with Gasteiger partial charge in [0.15, 0.2) is 11.5 Å². The van der Waals surface area contributed by atoms with E-state index in [2.05, 4.69) is 22.9 Å². The fraction of sp³-hybridized carbons (Fsp3) is 0.625. The van der Waals surface area contributed by atoms with Crippen LogP contribution in [0.5, 0.6) is 11.5 Å². The van der Waals surface area contributed by atoms with E-state index in [1.54, 1.807) is 0 Å². The summed E-state index contributed by atoms with van der Waals surface area (Å²) in [5.41, 5.74) is 1.06. The SMILES string of the molecule is CCC1OCCC1C(Br)c1cc2c(cc1Cl)OCCCO2. The van der Waals surface area contributed by atoms with Gasteiger partial charge in [-0.3, -0.25) is 0 Å². The molecule has 3 unspecified atom stereocenters. The van der Waals surface area contributed by atoms with Crippen molar-refractivity contribution in [2.24, 2.45) is 5.92 Å². The van der Waals surface area contributed by atoms with Crippen LogP contribution in [0.15, 0.2) is 12.1 Å². The minimum absolute atomic E-state index is 0.176. The van der Waals surface area contributed by atoms with Crippen molar-refractivity contribution in [3.63, 3.8) is 0 Å². The molecule has 1 aromatic carbocycles. The zero-order valence-electron chi connectivity index (χ0n) is 12.1. The van der Waals surface area contributed by atoms with Gasteiger partial charge < -0.3 is 14.2 Å². The van der Waals surface area contributed by atoms with Gasteiger partial charge in [-0.15, -0.1) is 0 Å². The molecule has 0 radical (unpaired) electrons. The number of ether oxygens (including phenoxy) is 3. The molecule has 3 nitrogen and oxygen atoms in total. The van der Waals surface area contributed by atoms with Crippen LogP contribution < -0.4 is 9.47 Å². The summed E-state index contributed by atoms with van der Waals surface area (Å²) in [6.45, 7) is 4.35. The topological polar surface area (TPSA) is 27.7 Å². The third-order valence-corrected chi connectivity index (χ3v) is 5.70. The maximum Gasteiger partial charge on any atom is 0.162 e. The molecular formula is C16H20BrClO3. The van der Waals surface area contributed by atoms with E-state index in [9.17, 15) is 0 Å². The van der Waals surface area contributed by atoms with E-state index in [-0.39, 0.29) is 4.83 Å². The number of hydrogen-bond acceptors (Lipinski definition) is 3. The molecule has 5 heteroatoms. The summed E-state index contributed by atoms with van der Waals surface area (Å²) in [6.07, 6.45) is 3.27. The Hall–Kier alpha value is -0.450. The van der Waals surface area contributed by atoms with E-state index in [1.165, 1.54) is 0 Å². The average Bonchev–Trinajstić information content (AvgIpc) is 2.85. The summed E-state index contributed by atoms with van der Waals surface area (Å²) in [4.78, 5) is 0.176. The van der Waals surface area contributed by atoms with E-state index in [0.29, 0.717) is 25.2 Å². The molecule has 2 heterocycles. The van der Waals surface area contributed by atoms with Crippen molar-refractivity contribution in [3.8, 4) is 11.5 Å². The molecule has 3 atom stereocenters. The molecule has 1 aromatic rings. The van der Waals surface area contributed by atoms with E-state index in [1.807, 2.05) is 12.1 Å². The second-order valence-electron chi connectivity index (χ2n) is 5.54. The van der Waals surface area contributed by atoms with E-state index in [4.69, 9.17) is 25.8 Å². The molecule has 0 amide bonds. The summed E-state index contributed by atoms with van der Waals surface area (Å²) in [5, 5.41) is 0.725. The van der Waals surface area contributed by atoms with Crippen molar-refractivity contribution in [2.45, 2.75) is 37.1 Å². The molecule has 0 bridgehead atoms. The monoisotopic (exact) mass is 374 g/mol. The third-order valence-electron chi connectivity index (χ3n) is 4.20. The zero-order chi connectivity index (χ0) is 14.8. The molecule has 3 rings (SSSR count). The Balaban J connectivity index is 1.89. The highest BCUT2D eigenvalue weighted by molar-refractivity contribution is 9.09. The van der Waals surface area contributed by atoms with Crippen LogP contribution in [-0.2, 0) is 4.74 Å². The van der Waals surface area contributed by atoms with Gasteiger partial charge in [0.05, 0.1) is 19.3 Å². The van der Waals surface area contributed by atoms with Gasteiger partial charge in [0, 0.05) is 34.9 Å². The van der Waals surface area contributed by atoms with Gasteiger partial charge in [0.25, 0.3) is 0 Å². The van der Waals surface area contributed by atoms with Crippen molar-refractivity contribution < 1.29 is 14.2 Å². The van der Waals surface area contributed by atoms with Crippen LogP contribution in [-0.4, -0.2) is 25.9 Å². The smallest absolute Gasteiger partial charge is 0.162 e. The van der Waals surface area contributed by atoms with Gasteiger partial charge >= 0.3 is 0 Å². The van der Waals surface area contributed by atoms with Crippen LogP contribution in [0, 0.1) is 5.92 Å². The van der Waals surface area contributed by atoms with Gasteiger partial charge in [0.1, 0.15) is 0 Å². The van der Waals surface area contributed by atoms with Gasteiger partial charge in [-0.25, -0.2) is 0 Å². The molecule has 2 aliphatic rings. The van der Waals surface area contributed by atoms with Crippen LogP contribution in [0.3, 0.4) is 0 Å². The molecule has 1 saturated heterocycles. The molecule has 0 N–H and O–H groups in total. The summed E-state index contributed by atoms with van der Waals surface area (Å²) in [7, 11) is 0. The van der Waals surface area contributed by atoms with Crippen LogP contribution in [0.1, 0.15) is 36.6 Å². The summed E-state index contributed by atoms with van der Waals surface area (Å²) in [6, 6.07) is 3.90. The first-order valence-electron chi connectivity index (χ1n) is 7.55. The fourth-order valence-corrected chi connectivity index (χ4v) is 4.45. The van der Waals surface area contributed by atoms with Gasteiger partial charge in [-0.05, 0) is 24.5 Å². The van der Waals surface area contributed by atoms with Crippen LogP contribution in [0.25, 0.3) is 0 Å². The third kappa shape index (κ3) is 3.17. The minimum atomic E-state index is 0.176. The minimum Gasteiger partial charge on any atom is -0.490 e. The number of rotatable bonds is 3. The molecule has 0 spiro atoms. The number of alkyl halides is 1.